The predicted molar refractivity (Wildman–Crippen MR) is 83.6 cm³/mol. The Balaban J connectivity index is 2.18. The van der Waals surface area contributed by atoms with Crippen LogP contribution in [0.1, 0.15) is 34.2 Å². The van der Waals surface area contributed by atoms with E-state index in [0.717, 1.165) is 23.4 Å². The first-order chi connectivity index (χ1) is 9.56. The van der Waals surface area contributed by atoms with Crippen LogP contribution in [0.3, 0.4) is 0 Å². The second-order valence-corrected chi connectivity index (χ2v) is 5.69. The third-order valence-corrected chi connectivity index (χ3v) is 4.33. The summed E-state index contributed by atoms with van der Waals surface area (Å²) in [7, 11) is 0. The Morgan fingerprint density at radius 3 is 2.40 bits per heavy atom. The van der Waals surface area contributed by atoms with Gasteiger partial charge in [-0.3, -0.25) is 9.48 Å². The molecule has 1 heterocycles. The summed E-state index contributed by atoms with van der Waals surface area (Å²) in [5.74, 6) is 0.103. The van der Waals surface area contributed by atoms with Gasteiger partial charge in [-0.05, 0) is 44.2 Å². The summed E-state index contributed by atoms with van der Waals surface area (Å²) in [5.41, 5.74) is 4.11. The van der Waals surface area contributed by atoms with Crippen LogP contribution in [-0.4, -0.2) is 21.8 Å². The van der Waals surface area contributed by atoms with Crippen LogP contribution in [0.25, 0.3) is 0 Å². The van der Waals surface area contributed by atoms with Gasteiger partial charge in [-0.1, -0.05) is 19.1 Å². The molecule has 0 atom stereocenters. The second kappa shape index (κ2) is 6.27. The average molecular weight is 288 g/mol. The van der Waals surface area contributed by atoms with E-state index >= 15 is 0 Å². The van der Waals surface area contributed by atoms with Gasteiger partial charge in [-0.15, -0.1) is 11.8 Å². The van der Waals surface area contributed by atoms with Crippen molar-refractivity contribution >= 4 is 17.5 Å². The molecule has 0 spiro atoms. The number of rotatable bonds is 5. The Morgan fingerprint density at radius 1 is 1.25 bits per heavy atom. The zero-order chi connectivity index (χ0) is 14.7. The Hall–Kier alpha value is -1.55. The number of aromatic nitrogens is 2. The molecule has 0 aliphatic heterocycles. The molecule has 0 saturated heterocycles. The molecule has 4 heteroatoms. The van der Waals surface area contributed by atoms with Gasteiger partial charge in [0.15, 0.2) is 5.78 Å². The fraction of sp³-hybridized carbons (Fsp3) is 0.375. The van der Waals surface area contributed by atoms with Crippen LogP contribution in [0.2, 0.25) is 0 Å². The number of Topliss-reactive ketones (excluding diaryl/α,β-unsaturated/α-hetero) is 1. The van der Waals surface area contributed by atoms with E-state index in [-0.39, 0.29) is 5.78 Å². The smallest absolute Gasteiger partial charge is 0.184 e. The number of hydrogen-bond donors (Lipinski definition) is 0. The third-order valence-electron chi connectivity index (χ3n) is 3.59. The van der Waals surface area contributed by atoms with E-state index in [2.05, 4.69) is 12.0 Å². The van der Waals surface area contributed by atoms with Gasteiger partial charge in [0.25, 0.3) is 0 Å². The summed E-state index contributed by atoms with van der Waals surface area (Å²) >= 11 is 1.68. The van der Waals surface area contributed by atoms with Crippen molar-refractivity contribution in [3.05, 3.63) is 46.8 Å². The number of hydrogen-bond acceptors (Lipinski definition) is 3. The molecule has 106 valence electrons. The number of ketones is 1. The first kappa shape index (κ1) is 14.9. The molecule has 0 amide bonds. The highest BCUT2D eigenvalue weighted by atomic mass is 32.2. The van der Waals surface area contributed by atoms with Crippen molar-refractivity contribution in [1.82, 2.24) is 9.78 Å². The number of carbonyl (C=O) groups is 1. The maximum atomic E-state index is 12.3. The summed E-state index contributed by atoms with van der Waals surface area (Å²) < 4.78 is 1.82. The van der Waals surface area contributed by atoms with Crippen LogP contribution in [0.15, 0.2) is 29.2 Å². The summed E-state index contributed by atoms with van der Waals surface area (Å²) in [5, 5.41) is 4.47. The predicted octanol–water partition coefficient (Wildman–Crippen LogP) is 3.67. The highest BCUT2D eigenvalue weighted by molar-refractivity contribution is 7.98. The lowest BCUT2D eigenvalue weighted by atomic mass is 10.1. The summed E-state index contributed by atoms with van der Waals surface area (Å²) in [6.07, 6.45) is 2.98. The molecule has 0 aliphatic rings. The maximum absolute atomic E-state index is 12.3. The van der Waals surface area contributed by atoms with Crippen LogP contribution in [0, 0.1) is 13.8 Å². The molecule has 0 unspecified atom stereocenters. The molecule has 0 radical (unpaired) electrons. The highest BCUT2D eigenvalue weighted by Crippen LogP contribution is 2.17. The standard InChI is InChI=1S/C16H20N2OS/c1-5-15-11(2)17-18(12(15)3)10-16(19)13-6-8-14(20-4)9-7-13/h6-9H,5,10H2,1-4H3. The zero-order valence-electron chi connectivity index (χ0n) is 12.4. The molecule has 2 aromatic rings. The van der Waals surface area contributed by atoms with E-state index in [1.807, 2.05) is 49.1 Å². The number of carbonyl (C=O) groups excluding carboxylic acids is 1. The molecule has 0 aliphatic carbocycles. The van der Waals surface area contributed by atoms with Crippen LogP contribution in [0.5, 0.6) is 0 Å². The molecular weight excluding hydrogens is 268 g/mol. The summed E-state index contributed by atoms with van der Waals surface area (Å²) in [4.78, 5) is 13.5. The second-order valence-electron chi connectivity index (χ2n) is 4.81. The van der Waals surface area contributed by atoms with Crippen molar-refractivity contribution in [2.45, 2.75) is 38.6 Å². The van der Waals surface area contributed by atoms with Crippen molar-refractivity contribution in [3.63, 3.8) is 0 Å². The van der Waals surface area contributed by atoms with E-state index in [9.17, 15) is 4.79 Å². The Morgan fingerprint density at radius 2 is 1.90 bits per heavy atom. The van der Waals surface area contributed by atoms with Gasteiger partial charge in [0.1, 0.15) is 6.54 Å². The average Bonchev–Trinajstić information content (AvgIpc) is 2.73. The maximum Gasteiger partial charge on any atom is 0.184 e. The van der Waals surface area contributed by atoms with E-state index in [4.69, 9.17) is 0 Å². The number of thioether (sulfide) groups is 1. The molecule has 2 rings (SSSR count). The lowest BCUT2D eigenvalue weighted by Crippen LogP contribution is -2.13. The molecule has 1 aromatic carbocycles. The summed E-state index contributed by atoms with van der Waals surface area (Å²) in [6.45, 7) is 6.46. The van der Waals surface area contributed by atoms with Crippen molar-refractivity contribution in [2.75, 3.05) is 6.26 Å². The molecule has 0 fully saturated rings. The van der Waals surface area contributed by atoms with Gasteiger partial charge in [0.2, 0.25) is 0 Å². The fourth-order valence-corrected chi connectivity index (χ4v) is 2.81. The van der Waals surface area contributed by atoms with Crippen LogP contribution < -0.4 is 0 Å². The van der Waals surface area contributed by atoms with Gasteiger partial charge in [-0.25, -0.2) is 0 Å². The Kier molecular flexibility index (Phi) is 4.65. The van der Waals surface area contributed by atoms with Gasteiger partial charge < -0.3 is 0 Å². The Labute approximate surface area is 124 Å². The Bertz CT molecular complexity index is 614. The van der Waals surface area contributed by atoms with Crippen molar-refractivity contribution in [2.24, 2.45) is 0 Å². The SMILES string of the molecule is CCc1c(C)nn(CC(=O)c2ccc(SC)cc2)c1C. The number of benzene rings is 1. The quantitative estimate of drug-likeness (QED) is 0.622. The van der Waals surface area contributed by atoms with Crippen LogP contribution in [-0.2, 0) is 13.0 Å². The minimum Gasteiger partial charge on any atom is -0.292 e. The van der Waals surface area contributed by atoms with Gasteiger partial charge in [0.05, 0.1) is 5.69 Å². The van der Waals surface area contributed by atoms with Crippen molar-refractivity contribution < 1.29 is 4.79 Å². The van der Waals surface area contributed by atoms with Crippen LogP contribution >= 0.6 is 11.8 Å². The van der Waals surface area contributed by atoms with Crippen LogP contribution in [0.4, 0.5) is 0 Å². The molecule has 3 nitrogen and oxygen atoms in total. The zero-order valence-corrected chi connectivity index (χ0v) is 13.3. The van der Waals surface area contributed by atoms with Crippen molar-refractivity contribution in [1.29, 1.82) is 0 Å². The van der Waals surface area contributed by atoms with Gasteiger partial charge in [-0.2, -0.15) is 5.10 Å². The minimum absolute atomic E-state index is 0.103. The molecule has 20 heavy (non-hydrogen) atoms. The molecule has 0 bridgehead atoms. The summed E-state index contributed by atoms with van der Waals surface area (Å²) in [6, 6.07) is 7.74. The van der Waals surface area contributed by atoms with E-state index in [1.165, 1.54) is 10.5 Å². The number of aryl methyl sites for hydroxylation is 1. The monoisotopic (exact) mass is 288 g/mol. The topological polar surface area (TPSA) is 34.9 Å². The largest absolute Gasteiger partial charge is 0.292 e. The van der Waals surface area contributed by atoms with Crippen molar-refractivity contribution in [3.8, 4) is 0 Å². The van der Waals surface area contributed by atoms with E-state index in [1.54, 1.807) is 11.8 Å². The first-order valence-electron chi connectivity index (χ1n) is 6.77. The highest BCUT2D eigenvalue weighted by Gasteiger charge is 2.13. The van der Waals surface area contributed by atoms with E-state index < -0.39 is 0 Å². The molecular formula is C16H20N2OS. The van der Waals surface area contributed by atoms with Gasteiger partial charge >= 0.3 is 0 Å². The lowest BCUT2D eigenvalue weighted by Gasteiger charge is -2.05. The van der Waals surface area contributed by atoms with E-state index in [0.29, 0.717) is 6.54 Å². The number of nitrogens with zero attached hydrogens (tertiary/aromatic N) is 2. The fourth-order valence-electron chi connectivity index (χ4n) is 2.40. The lowest BCUT2D eigenvalue weighted by molar-refractivity contribution is 0.0966. The van der Waals surface area contributed by atoms with Gasteiger partial charge in [0, 0.05) is 16.2 Å². The molecule has 0 N–H and O–H groups in total. The first-order valence-corrected chi connectivity index (χ1v) is 7.99. The minimum atomic E-state index is 0.103. The normalized spacial score (nSPS) is 10.8. The third kappa shape index (κ3) is 2.96. The molecule has 1 aromatic heterocycles. The molecule has 0 saturated carbocycles.